The summed E-state index contributed by atoms with van der Waals surface area (Å²) >= 11 is 0. The summed E-state index contributed by atoms with van der Waals surface area (Å²) in [6.07, 6.45) is 3.58. The second kappa shape index (κ2) is 6.22. The van der Waals surface area contributed by atoms with Crippen molar-refractivity contribution in [1.82, 2.24) is 19.4 Å². The average Bonchev–Trinajstić information content (AvgIpc) is 2.90. The molecule has 0 bridgehead atoms. The molecule has 0 N–H and O–H groups in total. The van der Waals surface area contributed by atoms with Crippen molar-refractivity contribution in [3.05, 3.63) is 77.4 Å². The van der Waals surface area contributed by atoms with Crippen molar-refractivity contribution in [2.24, 2.45) is 4.99 Å². The van der Waals surface area contributed by atoms with E-state index in [2.05, 4.69) is 19.4 Å². The van der Waals surface area contributed by atoms with Crippen LogP contribution in [-0.4, -0.2) is 39.2 Å². The number of pyridine rings is 1. The third-order valence-electron chi connectivity index (χ3n) is 4.13. The second-order valence-corrected chi connectivity index (χ2v) is 6.28. The van der Waals surface area contributed by atoms with Gasteiger partial charge in [-0.1, -0.05) is 6.07 Å². The van der Waals surface area contributed by atoms with Gasteiger partial charge in [-0.25, -0.2) is 9.37 Å². The molecule has 0 radical (unpaired) electrons. The highest BCUT2D eigenvalue weighted by Gasteiger charge is 2.23. The van der Waals surface area contributed by atoms with Gasteiger partial charge in [0.1, 0.15) is 11.6 Å². The first-order valence-electron chi connectivity index (χ1n) is 8.10. The lowest BCUT2D eigenvalue weighted by molar-refractivity contribution is 0.393. The number of aliphatic imine (C=N–C) groups is 1. The highest BCUT2D eigenvalue weighted by atomic mass is 19.1. The van der Waals surface area contributed by atoms with E-state index < -0.39 is 0 Å². The van der Waals surface area contributed by atoms with Crippen LogP contribution in [0.2, 0.25) is 0 Å². The number of imidazole rings is 1. The van der Waals surface area contributed by atoms with Crippen molar-refractivity contribution in [2.75, 3.05) is 14.1 Å². The van der Waals surface area contributed by atoms with Gasteiger partial charge in [-0.15, -0.1) is 0 Å². The molecule has 126 valence electrons. The second-order valence-electron chi connectivity index (χ2n) is 6.28. The molecule has 0 aliphatic carbocycles. The molecule has 25 heavy (non-hydrogen) atoms. The Balaban J connectivity index is 1.94. The Bertz CT molecular complexity index is 944. The lowest BCUT2D eigenvalue weighted by Gasteiger charge is -2.16. The van der Waals surface area contributed by atoms with Gasteiger partial charge >= 0.3 is 0 Å². The lowest BCUT2D eigenvalue weighted by atomic mass is 10.0. The van der Waals surface area contributed by atoms with Gasteiger partial charge in [0.15, 0.2) is 0 Å². The molecule has 0 saturated heterocycles. The van der Waals surface area contributed by atoms with E-state index in [1.54, 1.807) is 12.3 Å². The number of hydrogen-bond donors (Lipinski definition) is 0. The third-order valence-corrected chi connectivity index (χ3v) is 4.13. The van der Waals surface area contributed by atoms with Crippen LogP contribution in [0.1, 0.15) is 22.8 Å². The molecule has 0 spiro atoms. The zero-order chi connectivity index (χ0) is 17.4. The molecule has 0 atom stereocenters. The van der Waals surface area contributed by atoms with Crippen LogP contribution in [0.5, 0.6) is 0 Å². The van der Waals surface area contributed by atoms with Crippen LogP contribution < -0.4 is 0 Å². The maximum absolute atomic E-state index is 14.0. The molecule has 4 rings (SSSR count). The Morgan fingerprint density at radius 2 is 2.04 bits per heavy atom. The molecule has 6 heteroatoms. The van der Waals surface area contributed by atoms with E-state index >= 15 is 0 Å². The molecule has 1 aromatic carbocycles. The monoisotopic (exact) mass is 335 g/mol. The van der Waals surface area contributed by atoms with Gasteiger partial charge in [-0.3, -0.25) is 14.5 Å². The Morgan fingerprint density at radius 3 is 2.80 bits per heavy atom. The summed E-state index contributed by atoms with van der Waals surface area (Å²) in [6, 6.07) is 10.4. The van der Waals surface area contributed by atoms with Crippen LogP contribution in [0, 0.1) is 5.82 Å². The van der Waals surface area contributed by atoms with Gasteiger partial charge in [0, 0.05) is 18.3 Å². The first kappa shape index (κ1) is 15.7. The molecular weight excluding hydrogens is 317 g/mol. The third kappa shape index (κ3) is 2.85. The fourth-order valence-electron chi connectivity index (χ4n) is 3.12. The van der Waals surface area contributed by atoms with Crippen LogP contribution in [0.15, 0.2) is 53.8 Å². The number of rotatable bonds is 3. The van der Waals surface area contributed by atoms with Crippen LogP contribution in [0.25, 0.3) is 5.69 Å². The summed E-state index contributed by atoms with van der Waals surface area (Å²) < 4.78 is 16.1. The number of fused-ring (bicyclic) bond motifs is 3. The SMILES string of the molecule is CN(C)Cc1cnc2n1-c1ccc(F)cc1C(c1ccccn1)=NC2. The summed E-state index contributed by atoms with van der Waals surface area (Å²) in [5.74, 6) is 0.552. The van der Waals surface area contributed by atoms with Gasteiger partial charge < -0.3 is 4.90 Å². The minimum atomic E-state index is -0.292. The smallest absolute Gasteiger partial charge is 0.135 e. The highest BCUT2D eigenvalue weighted by molar-refractivity contribution is 6.14. The summed E-state index contributed by atoms with van der Waals surface area (Å²) in [7, 11) is 4.02. The standard InChI is InChI=1S/C19H18FN5/c1-24(2)12-14-10-22-18-11-23-19(16-5-3-4-8-21-16)15-9-13(20)6-7-17(15)25(14)18/h3-10H,11-12H2,1-2H3. The van der Waals surface area contributed by atoms with Crippen LogP contribution in [0.4, 0.5) is 4.39 Å². The van der Waals surface area contributed by atoms with Crippen molar-refractivity contribution in [3.8, 4) is 5.69 Å². The van der Waals surface area contributed by atoms with Crippen molar-refractivity contribution in [2.45, 2.75) is 13.1 Å². The summed E-state index contributed by atoms with van der Waals surface area (Å²) in [6.45, 7) is 1.17. The fraction of sp³-hybridized carbons (Fsp3) is 0.211. The van der Waals surface area contributed by atoms with Gasteiger partial charge in [-0.05, 0) is 44.4 Å². The van der Waals surface area contributed by atoms with E-state index in [1.807, 2.05) is 38.5 Å². The van der Waals surface area contributed by atoms with Gasteiger partial charge in [-0.2, -0.15) is 0 Å². The maximum atomic E-state index is 14.0. The first-order chi connectivity index (χ1) is 12.1. The van der Waals surface area contributed by atoms with Crippen molar-refractivity contribution in [3.63, 3.8) is 0 Å². The molecule has 1 aliphatic rings. The Labute approximate surface area is 145 Å². The Kier molecular flexibility index (Phi) is 3.89. The van der Waals surface area contributed by atoms with Crippen molar-refractivity contribution < 1.29 is 4.39 Å². The average molecular weight is 335 g/mol. The topological polar surface area (TPSA) is 46.3 Å². The molecule has 0 amide bonds. The molecule has 2 aromatic heterocycles. The number of benzene rings is 1. The normalized spacial score (nSPS) is 13.2. The van der Waals surface area contributed by atoms with E-state index in [9.17, 15) is 4.39 Å². The largest absolute Gasteiger partial charge is 0.304 e. The molecular formula is C19H18FN5. The number of aromatic nitrogens is 3. The number of nitrogens with zero attached hydrogens (tertiary/aromatic N) is 5. The first-order valence-corrected chi connectivity index (χ1v) is 8.10. The minimum absolute atomic E-state index is 0.292. The quantitative estimate of drug-likeness (QED) is 0.739. The van der Waals surface area contributed by atoms with Crippen LogP contribution in [-0.2, 0) is 13.1 Å². The zero-order valence-corrected chi connectivity index (χ0v) is 14.1. The molecule has 0 fully saturated rings. The fourth-order valence-corrected chi connectivity index (χ4v) is 3.12. The lowest BCUT2D eigenvalue weighted by Crippen LogP contribution is -2.16. The Morgan fingerprint density at radius 1 is 1.16 bits per heavy atom. The summed E-state index contributed by atoms with van der Waals surface area (Å²) in [4.78, 5) is 15.7. The molecule has 0 unspecified atom stereocenters. The molecule has 0 saturated carbocycles. The Hall–Kier alpha value is -2.86. The highest BCUT2D eigenvalue weighted by Crippen LogP contribution is 2.27. The van der Waals surface area contributed by atoms with Gasteiger partial charge in [0.25, 0.3) is 0 Å². The van der Waals surface area contributed by atoms with Crippen LogP contribution in [0.3, 0.4) is 0 Å². The zero-order valence-electron chi connectivity index (χ0n) is 14.1. The predicted molar refractivity (Wildman–Crippen MR) is 94.5 cm³/mol. The van der Waals surface area contributed by atoms with Gasteiger partial charge in [0.2, 0.25) is 0 Å². The predicted octanol–water partition coefficient (Wildman–Crippen LogP) is 2.82. The molecule has 5 nitrogen and oxygen atoms in total. The molecule has 1 aliphatic heterocycles. The van der Waals surface area contributed by atoms with E-state index in [4.69, 9.17) is 4.99 Å². The maximum Gasteiger partial charge on any atom is 0.135 e. The summed E-state index contributed by atoms with van der Waals surface area (Å²) in [5, 5.41) is 0. The minimum Gasteiger partial charge on any atom is -0.304 e. The number of hydrogen-bond acceptors (Lipinski definition) is 4. The molecule has 3 heterocycles. The van der Waals surface area contributed by atoms with E-state index in [0.717, 1.165) is 35.0 Å². The van der Waals surface area contributed by atoms with Crippen molar-refractivity contribution in [1.29, 1.82) is 0 Å². The number of halogens is 1. The van der Waals surface area contributed by atoms with E-state index in [1.165, 1.54) is 12.1 Å². The van der Waals surface area contributed by atoms with Crippen molar-refractivity contribution >= 4 is 5.71 Å². The molecule has 3 aromatic rings. The van der Waals surface area contributed by atoms with Crippen LogP contribution >= 0.6 is 0 Å². The van der Waals surface area contributed by atoms with Gasteiger partial charge in [0.05, 0.1) is 35.5 Å². The van der Waals surface area contributed by atoms with E-state index in [0.29, 0.717) is 12.3 Å². The summed E-state index contributed by atoms with van der Waals surface area (Å²) in [5.41, 5.74) is 4.08. The van der Waals surface area contributed by atoms with E-state index in [-0.39, 0.29) is 5.82 Å².